The number of aliphatic hydroxyl groups is 1. The Bertz CT molecular complexity index is 887. The maximum absolute atomic E-state index is 12.8. The molecule has 0 radical (unpaired) electrons. The van der Waals surface area contributed by atoms with E-state index in [9.17, 15) is 9.90 Å². The van der Waals surface area contributed by atoms with Crippen LogP contribution in [0.5, 0.6) is 5.75 Å². The maximum Gasteiger partial charge on any atom is 0.236 e. The van der Waals surface area contributed by atoms with E-state index in [1.807, 2.05) is 42.5 Å². The highest BCUT2D eigenvalue weighted by Gasteiger charge is 2.27. The first kappa shape index (κ1) is 24.7. The fourth-order valence-electron chi connectivity index (χ4n) is 5.21. The molecule has 2 aromatic rings. The molecule has 0 spiro atoms. The Hall–Kier alpha value is -2.41. The van der Waals surface area contributed by atoms with Gasteiger partial charge < -0.3 is 14.7 Å². The first-order valence-corrected chi connectivity index (χ1v) is 12.6. The van der Waals surface area contributed by atoms with E-state index in [2.05, 4.69) is 40.7 Å². The van der Waals surface area contributed by atoms with Crippen molar-refractivity contribution in [2.45, 2.75) is 26.4 Å². The molecule has 2 aliphatic heterocycles. The number of nitrogens with zero attached hydrogens (tertiary/aromatic N) is 3. The second kappa shape index (κ2) is 11.8. The molecule has 1 N–H and O–H groups in total. The fourth-order valence-corrected chi connectivity index (χ4v) is 5.21. The monoisotopic (exact) mass is 465 g/mol. The highest BCUT2D eigenvalue weighted by molar-refractivity contribution is 5.78. The van der Waals surface area contributed by atoms with Crippen molar-refractivity contribution in [1.29, 1.82) is 0 Å². The molecule has 2 aliphatic rings. The normalized spacial score (nSPS) is 23.0. The molecule has 2 fully saturated rings. The zero-order chi connectivity index (χ0) is 23.9. The van der Waals surface area contributed by atoms with Crippen molar-refractivity contribution in [2.75, 3.05) is 59.0 Å². The molecule has 184 valence electrons. The second-order valence-corrected chi connectivity index (χ2v) is 10.2. The summed E-state index contributed by atoms with van der Waals surface area (Å²) in [6, 6.07) is 18.2. The van der Waals surface area contributed by atoms with E-state index in [-0.39, 0.29) is 12.5 Å². The molecule has 3 unspecified atom stereocenters. The van der Waals surface area contributed by atoms with Crippen molar-refractivity contribution in [3.8, 4) is 16.9 Å². The maximum atomic E-state index is 12.8. The minimum atomic E-state index is -0.543. The van der Waals surface area contributed by atoms with Gasteiger partial charge in [0.05, 0.1) is 6.54 Å². The molecule has 2 saturated heterocycles. The van der Waals surface area contributed by atoms with Gasteiger partial charge in [-0.15, -0.1) is 0 Å². The van der Waals surface area contributed by atoms with E-state index < -0.39 is 6.10 Å². The van der Waals surface area contributed by atoms with Crippen molar-refractivity contribution in [3.05, 3.63) is 54.6 Å². The van der Waals surface area contributed by atoms with Crippen LogP contribution in [0.3, 0.4) is 0 Å². The first-order chi connectivity index (χ1) is 16.5. The van der Waals surface area contributed by atoms with Crippen LogP contribution in [0.25, 0.3) is 11.1 Å². The number of β-amino-alcohol motifs (C(OH)–C–C–N with tert-alkyl or cyclic N) is 1. The Balaban J connectivity index is 1.15. The van der Waals surface area contributed by atoms with E-state index in [0.29, 0.717) is 24.9 Å². The van der Waals surface area contributed by atoms with Crippen molar-refractivity contribution >= 4 is 5.91 Å². The van der Waals surface area contributed by atoms with Gasteiger partial charge in [0, 0.05) is 45.8 Å². The van der Waals surface area contributed by atoms with Gasteiger partial charge in [-0.05, 0) is 41.5 Å². The molecule has 1 amide bonds. The van der Waals surface area contributed by atoms with Gasteiger partial charge in [0.15, 0.2) is 0 Å². The minimum Gasteiger partial charge on any atom is -0.491 e. The lowest BCUT2D eigenvalue weighted by molar-refractivity contribution is -0.135. The smallest absolute Gasteiger partial charge is 0.236 e. The van der Waals surface area contributed by atoms with Crippen molar-refractivity contribution in [1.82, 2.24) is 14.7 Å². The summed E-state index contributed by atoms with van der Waals surface area (Å²) in [6.07, 6.45) is 0.673. The highest BCUT2D eigenvalue weighted by atomic mass is 16.5. The van der Waals surface area contributed by atoms with Crippen LogP contribution in [0.1, 0.15) is 20.3 Å². The molecule has 0 aliphatic carbocycles. The lowest BCUT2D eigenvalue weighted by atomic mass is 9.92. The average molecular weight is 466 g/mol. The fraction of sp³-hybridized carbons (Fsp3) is 0.536. The van der Waals surface area contributed by atoms with E-state index in [4.69, 9.17) is 4.74 Å². The summed E-state index contributed by atoms with van der Waals surface area (Å²) in [5.74, 6) is 2.21. The predicted molar refractivity (Wildman–Crippen MR) is 136 cm³/mol. The predicted octanol–water partition coefficient (Wildman–Crippen LogP) is 3.22. The number of amides is 1. The number of hydrogen-bond donors (Lipinski definition) is 1. The Morgan fingerprint density at radius 1 is 0.912 bits per heavy atom. The molecule has 2 heterocycles. The Morgan fingerprint density at radius 3 is 2.15 bits per heavy atom. The summed E-state index contributed by atoms with van der Waals surface area (Å²) < 4.78 is 5.82. The van der Waals surface area contributed by atoms with Gasteiger partial charge in [0.1, 0.15) is 18.5 Å². The van der Waals surface area contributed by atoms with Gasteiger partial charge in [0.2, 0.25) is 5.91 Å². The minimum absolute atomic E-state index is 0.263. The molecule has 3 atom stereocenters. The summed E-state index contributed by atoms with van der Waals surface area (Å²) in [4.78, 5) is 19.3. The first-order valence-electron chi connectivity index (χ1n) is 12.6. The topological polar surface area (TPSA) is 56.3 Å². The number of carbonyl (C=O) groups excluding carboxylic acids is 1. The van der Waals surface area contributed by atoms with Crippen molar-refractivity contribution < 1.29 is 14.6 Å². The van der Waals surface area contributed by atoms with Crippen LogP contribution in [0, 0.1) is 11.8 Å². The third-order valence-electron chi connectivity index (χ3n) is 6.92. The summed E-state index contributed by atoms with van der Waals surface area (Å²) in [5.41, 5.74) is 2.32. The summed E-state index contributed by atoms with van der Waals surface area (Å²) in [6.45, 7) is 11.1. The molecule has 4 rings (SSSR count). The van der Waals surface area contributed by atoms with Crippen LogP contribution in [0.2, 0.25) is 0 Å². The third-order valence-corrected chi connectivity index (χ3v) is 6.92. The standard InChI is InChI=1S/C28H39N3O3/c1-22-16-23(2)18-31(17-22)28(33)20-30-14-12-29(13-15-30)19-26(32)21-34-27-10-8-25(9-11-27)24-6-4-3-5-7-24/h3-11,22-23,26,32H,12-21H2,1-2H3. The van der Waals surface area contributed by atoms with Crippen LogP contribution in [-0.2, 0) is 4.79 Å². The quantitative estimate of drug-likeness (QED) is 0.649. The molecule has 0 bridgehead atoms. The number of carbonyl (C=O) groups is 1. The molecule has 6 nitrogen and oxygen atoms in total. The lowest BCUT2D eigenvalue weighted by Crippen LogP contribution is -2.53. The third kappa shape index (κ3) is 7.05. The molecular weight excluding hydrogens is 426 g/mol. The number of ether oxygens (including phenoxy) is 1. The van der Waals surface area contributed by atoms with Gasteiger partial charge in [0.25, 0.3) is 0 Å². The van der Waals surface area contributed by atoms with Gasteiger partial charge >= 0.3 is 0 Å². The van der Waals surface area contributed by atoms with Crippen LogP contribution < -0.4 is 4.74 Å². The zero-order valence-corrected chi connectivity index (χ0v) is 20.6. The average Bonchev–Trinajstić information content (AvgIpc) is 2.84. The van der Waals surface area contributed by atoms with E-state index in [1.54, 1.807) is 0 Å². The highest BCUT2D eigenvalue weighted by Crippen LogP contribution is 2.23. The van der Waals surface area contributed by atoms with Gasteiger partial charge in [-0.3, -0.25) is 14.6 Å². The zero-order valence-electron chi connectivity index (χ0n) is 20.6. The molecular formula is C28H39N3O3. The molecule has 6 heteroatoms. The Morgan fingerprint density at radius 2 is 1.50 bits per heavy atom. The van der Waals surface area contributed by atoms with Gasteiger partial charge in [-0.1, -0.05) is 56.3 Å². The van der Waals surface area contributed by atoms with E-state index in [0.717, 1.165) is 50.6 Å². The van der Waals surface area contributed by atoms with E-state index in [1.165, 1.54) is 12.0 Å². The van der Waals surface area contributed by atoms with Crippen LogP contribution in [0.15, 0.2) is 54.6 Å². The number of aliphatic hydroxyl groups excluding tert-OH is 1. The number of benzene rings is 2. The Kier molecular flexibility index (Phi) is 8.59. The number of piperazine rings is 1. The number of piperidine rings is 1. The van der Waals surface area contributed by atoms with Crippen molar-refractivity contribution in [2.24, 2.45) is 11.8 Å². The van der Waals surface area contributed by atoms with Crippen molar-refractivity contribution in [3.63, 3.8) is 0 Å². The molecule has 34 heavy (non-hydrogen) atoms. The molecule has 2 aromatic carbocycles. The molecule has 0 aromatic heterocycles. The van der Waals surface area contributed by atoms with E-state index >= 15 is 0 Å². The number of hydrogen-bond acceptors (Lipinski definition) is 5. The summed E-state index contributed by atoms with van der Waals surface area (Å²) in [7, 11) is 0. The van der Waals surface area contributed by atoms with Crippen LogP contribution in [-0.4, -0.2) is 90.8 Å². The van der Waals surface area contributed by atoms with Gasteiger partial charge in [-0.25, -0.2) is 0 Å². The second-order valence-electron chi connectivity index (χ2n) is 10.2. The van der Waals surface area contributed by atoms with Crippen LogP contribution >= 0.6 is 0 Å². The number of likely N-dealkylation sites (tertiary alicyclic amines) is 1. The summed E-state index contributed by atoms with van der Waals surface area (Å²) in [5, 5.41) is 10.5. The summed E-state index contributed by atoms with van der Waals surface area (Å²) >= 11 is 0. The molecule has 0 saturated carbocycles. The number of rotatable bonds is 8. The van der Waals surface area contributed by atoms with Crippen LogP contribution in [0.4, 0.5) is 0 Å². The SMILES string of the molecule is CC1CC(C)CN(C(=O)CN2CCN(CC(O)COc3ccc(-c4ccccc4)cc3)CC2)C1. The van der Waals surface area contributed by atoms with Gasteiger partial charge in [-0.2, -0.15) is 0 Å². The largest absolute Gasteiger partial charge is 0.491 e. The lowest BCUT2D eigenvalue weighted by Gasteiger charge is -2.38. The Labute approximate surface area is 204 Å².